The molecule has 1 rings (SSSR count). The summed E-state index contributed by atoms with van der Waals surface area (Å²) in [6, 6.07) is 6.51. The Bertz CT molecular complexity index is 527. The molecule has 0 spiro atoms. The van der Waals surface area contributed by atoms with Gasteiger partial charge in [0.25, 0.3) is 0 Å². The van der Waals surface area contributed by atoms with Gasteiger partial charge in [0.1, 0.15) is 10.1 Å². The average Bonchev–Trinajstić information content (AvgIpc) is 2.47. The van der Waals surface area contributed by atoms with E-state index >= 15 is 0 Å². The van der Waals surface area contributed by atoms with E-state index in [0.29, 0.717) is 0 Å². The molecule has 23 heavy (non-hydrogen) atoms. The number of unbranched alkanes of at least 4 members (excludes halogenated alkanes) is 4. The summed E-state index contributed by atoms with van der Waals surface area (Å²) in [7, 11) is 0.105. The van der Waals surface area contributed by atoms with Crippen LogP contribution in [0.5, 0.6) is 0 Å². The van der Waals surface area contributed by atoms with Crippen molar-refractivity contribution in [2.45, 2.75) is 50.8 Å². The van der Waals surface area contributed by atoms with Crippen molar-refractivity contribution in [3.63, 3.8) is 0 Å². The van der Waals surface area contributed by atoms with Crippen molar-refractivity contribution in [1.82, 2.24) is 0 Å². The second kappa shape index (κ2) is 11.0. The standard InChI is InChI=1S/C10H23ClN.C7H8O3S/c1-4-5-6-7-8-9-12(2,3)10-11;1-6-2-4-7(5-3-6)11(8,9)10/h4-10H2,1-3H3;2-5H,1H3,(H,8,9,10)/q+1;/p-1. The highest BCUT2D eigenvalue weighted by molar-refractivity contribution is 7.85. The van der Waals surface area contributed by atoms with Crippen molar-refractivity contribution in [2.24, 2.45) is 0 Å². The fourth-order valence-electron chi connectivity index (χ4n) is 1.91. The van der Waals surface area contributed by atoms with E-state index in [1.807, 2.05) is 6.92 Å². The summed E-state index contributed by atoms with van der Waals surface area (Å²) in [5, 5.41) is 0. The Morgan fingerprint density at radius 3 is 2.00 bits per heavy atom. The maximum Gasteiger partial charge on any atom is 0.154 e. The normalized spacial score (nSPS) is 11.7. The first kappa shape index (κ1) is 22.4. The van der Waals surface area contributed by atoms with Crippen molar-refractivity contribution in [1.29, 1.82) is 0 Å². The van der Waals surface area contributed by atoms with Crippen LogP contribution in [0.3, 0.4) is 0 Å². The SMILES string of the molecule is CCCCCCC[N+](C)(C)CCl.Cc1ccc(S(=O)(=O)[O-])cc1. The van der Waals surface area contributed by atoms with Crippen LogP contribution in [0, 0.1) is 6.92 Å². The molecule has 0 N–H and O–H groups in total. The number of hydrogen-bond acceptors (Lipinski definition) is 3. The van der Waals surface area contributed by atoms with Gasteiger partial charge in [0, 0.05) is 0 Å². The van der Waals surface area contributed by atoms with Crippen LogP contribution in [0.25, 0.3) is 0 Å². The molecule has 0 unspecified atom stereocenters. The number of alkyl halides is 1. The highest BCUT2D eigenvalue weighted by Gasteiger charge is 2.11. The quantitative estimate of drug-likeness (QED) is 0.229. The first-order valence-corrected chi connectivity index (χ1v) is 9.97. The lowest BCUT2D eigenvalue weighted by molar-refractivity contribution is -0.879. The molecule has 0 amide bonds. The van der Waals surface area contributed by atoms with Gasteiger partial charge in [0.2, 0.25) is 0 Å². The largest absolute Gasteiger partial charge is 0.744 e. The van der Waals surface area contributed by atoms with Gasteiger partial charge < -0.3 is 9.04 Å². The summed E-state index contributed by atoms with van der Waals surface area (Å²) in [6.45, 7) is 5.28. The monoisotopic (exact) mass is 363 g/mol. The highest BCUT2D eigenvalue weighted by Crippen LogP contribution is 2.08. The first-order valence-electron chi connectivity index (χ1n) is 8.03. The van der Waals surface area contributed by atoms with E-state index in [1.54, 1.807) is 12.1 Å². The van der Waals surface area contributed by atoms with E-state index in [1.165, 1.54) is 50.8 Å². The number of quaternary nitrogens is 1. The average molecular weight is 364 g/mol. The zero-order chi connectivity index (χ0) is 17.9. The van der Waals surface area contributed by atoms with Gasteiger partial charge >= 0.3 is 0 Å². The molecule has 6 heteroatoms. The van der Waals surface area contributed by atoms with Gasteiger partial charge in [-0.1, -0.05) is 55.5 Å². The molecule has 1 aromatic rings. The van der Waals surface area contributed by atoms with Crippen LogP contribution in [0.2, 0.25) is 0 Å². The van der Waals surface area contributed by atoms with E-state index in [-0.39, 0.29) is 4.90 Å². The molecule has 0 atom stereocenters. The summed E-state index contributed by atoms with van der Waals surface area (Å²) in [4.78, 5) is -0.178. The van der Waals surface area contributed by atoms with Crippen LogP contribution < -0.4 is 0 Å². The fourth-order valence-corrected chi connectivity index (χ4v) is 2.50. The van der Waals surface area contributed by atoms with E-state index in [4.69, 9.17) is 11.6 Å². The smallest absolute Gasteiger partial charge is 0.154 e. The molecule has 0 aromatic heterocycles. The van der Waals surface area contributed by atoms with Crippen molar-refractivity contribution in [3.05, 3.63) is 29.8 Å². The Kier molecular flexibility index (Phi) is 10.7. The molecule has 0 saturated heterocycles. The third-order valence-electron chi connectivity index (χ3n) is 3.50. The predicted molar refractivity (Wildman–Crippen MR) is 95.6 cm³/mol. The zero-order valence-electron chi connectivity index (χ0n) is 14.7. The molecule has 1 aromatic carbocycles. The van der Waals surface area contributed by atoms with Gasteiger partial charge in [-0.2, -0.15) is 0 Å². The van der Waals surface area contributed by atoms with E-state index in [0.717, 1.165) is 16.1 Å². The van der Waals surface area contributed by atoms with Crippen LogP contribution in [0.1, 0.15) is 44.6 Å². The predicted octanol–water partition coefficient (Wildman–Crippen LogP) is 4.13. The summed E-state index contributed by atoms with van der Waals surface area (Å²) in [5.41, 5.74) is 0.928. The number of benzene rings is 1. The molecule has 0 aliphatic heterocycles. The molecule has 0 bridgehead atoms. The minimum atomic E-state index is -4.27. The van der Waals surface area contributed by atoms with E-state index in [9.17, 15) is 13.0 Å². The van der Waals surface area contributed by atoms with Crippen LogP contribution >= 0.6 is 11.6 Å². The van der Waals surface area contributed by atoms with Crippen molar-refractivity contribution < 1.29 is 17.5 Å². The minimum absolute atomic E-state index is 0.178. The third-order valence-corrected chi connectivity index (χ3v) is 5.00. The highest BCUT2D eigenvalue weighted by atomic mass is 35.5. The fraction of sp³-hybridized carbons (Fsp3) is 0.647. The summed E-state index contributed by atoms with van der Waals surface area (Å²) in [6.07, 6.45) is 6.78. The third kappa shape index (κ3) is 11.5. The Morgan fingerprint density at radius 2 is 1.57 bits per heavy atom. The van der Waals surface area contributed by atoms with Gasteiger partial charge in [-0.25, -0.2) is 8.42 Å². The first-order chi connectivity index (χ1) is 10.6. The molecule has 0 heterocycles. The molecule has 0 aliphatic rings. The van der Waals surface area contributed by atoms with E-state index in [2.05, 4.69) is 21.0 Å². The van der Waals surface area contributed by atoms with Crippen LogP contribution in [-0.2, 0) is 10.1 Å². The van der Waals surface area contributed by atoms with Crippen LogP contribution in [-0.4, -0.2) is 44.1 Å². The summed E-state index contributed by atoms with van der Waals surface area (Å²) >= 11 is 5.81. The van der Waals surface area contributed by atoms with Crippen molar-refractivity contribution in [2.75, 3.05) is 26.6 Å². The molecule has 134 valence electrons. The lowest BCUT2D eigenvalue weighted by Gasteiger charge is -2.26. The molecule has 0 aliphatic carbocycles. The number of hydrogen-bond donors (Lipinski definition) is 0. The molecular weight excluding hydrogens is 334 g/mol. The summed E-state index contributed by atoms with van der Waals surface area (Å²) in [5.74, 6) is 0. The van der Waals surface area contributed by atoms with Gasteiger partial charge in [0.15, 0.2) is 6.00 Å². The van der Waals surface area contributed by atoms with Crippen LogP contribution in [0.15, 0.2) is 29.2 Å². The van der Waals surface area contributed by atoms with Gasteiger partial charge in [-0.05, 0) is 31.9 Å². The Balaban J connectivity index is 0.000000422. The van der Waals surface area contributed by atoms with Gasteiger partial charge in [0.05, 0.1) is 25.5 Å². The second-order valence-corrected chi connectivity index (χ2v) is 8.08. The van der Waals surface area contributed by atoms with Crippen molar-refractivity contribution >= 4 is 21.7 Å². The lowest BCUT2D eigenvalue weighted by Crippen LogP contribution is -2.38. The molecular formula is C17H30ClNO3S. The van der Waals surface area contributed by atoms with Crippen LogP contribution in [0.4, 0.5) is 0 Å². The molecule has 0 fully saturated rings. The van der Waals surface area contributed by atoms with E-state index < -0.39 is 10.1 Å². The minimum Gasteiger partial charge on any atom is -0.744 e. The molecule has 0 radical (unpaired) electrons. The second-order valence-electron chi connectivity index (χ2n) is 6.46. The number of halogens is 1. The Morgan fingerprint density at radius 1 is 1.04 bits per heavy atom. The number of rotatable bonds is 8. The lowest BCUT2D eigenvalue weighted by atomic mass is 10.1. The molecule has 4 nitrogen and oxygen atoms in total. The van der Waals surface area contributed by atoms with Gasteiger partial charge in [-0.15, -0.1) is 0 Å². The van der Waals surface area contributed by atoms with Gasteiger partial charge in [-0.3, -0.25) is 0 Å². The topological polar surface area (TPSA) is 57.2 Å². The Labute approximate surface area is 146 Å². The number of nitrogens with zero attached hydrogens (tertiary/aromatic N) is 1. The zero-order valence-corrected chi connectivity index (χ0v) is 16.3. The molecule has 0 saturated carbocycles. The maximum absolute atomic E-state index is 10.4. The number of aryl methyl sites for hydroxylation is 1. The van der Waals surface area contributed by atoms with Crippen molar-refractivity contribution in [3.8, 4) is 0 Å². The maximum atomic E-state index is 10.4. The summed E-state index contributed by atoms with van der Waals surface area (Å²) < 4.78 is 32.1. The Hall–Kier alpha value is -0.620.